The monoisotopic (exact) mass is 470 g/mol. The predicted octanol–water partition coefficient (Wildman–Crippen LogP) is 4.37. The number of anilines is 1. The first kappa shape index (κ1) is 21.7. The number of carbonyl (C=O) groups excluding carboxylic acids is 1. The number of piperidine rings is 1. The molecule has 3 heterocycles. The molecule has 2 fully saturated rings. The maximum atomic E-state index is 14.7. The number of hydrogen-bond donors (Lipinski definition) is 2. The number of nitrogens with one attached hydrogen (secondary N) is 1. The van der Waals surface area contributed by atoms with Gasteiger partial charge in [-0.05, 0) is 60.9 Å². The minimum absolute atomic E-state index is 0.0912. The van der Waals surface area contributed by atoms with Crippen molar-refractivity contribution in [3.8, 4) is 11.3 Å². The Morgan fingerprint density at radius 2 is 2.09 bits per heavy atom. The van der Waals surface area contributed by atoms with Crippen LogP contribution in [0, 0.1) is 24.6 Å². The van der Waals surface area contributed by atoms with E-state index in [2.05, 4.69) is 22.0 Å². The summed E-state index contributed by atoms with van der Waals surface area (Å²) in [4.78, 5) is 23.3. The average Bonchev–Trinajstić information content (AvgIpc) is 3.31. The number of nitrogens with two attached hydrogens (primary N) is 1. The van der Waals surface area contributed by atoms with Crippen LogP contribution in [0.15, 0.2) is 48.7 Å². The van der Waals surface area contributed by atoms with E-state index >= 15 is 0 Å². The first-order chi connectivity index (χ1) is 16.9. The lowest BCUT2D eigenvalue weighted by Crippen LogP contribution is -2.32. The van der Waals surface area contributed by atoms with E-state index in [4.69, 9.17) is 15.7 Å². The summed E-state index contributed by atoms with van der Waals surface area (Å²) in [6.45, 7) is 5.72. The highest BCUT2D eigenvalue weighted by atomic mass is 19.1. The molecular formula is C27H27FN6O. The summed E-state index contributed by atoms with van der Waals surface area (Å²) in [6.07, 6.45) is 3.73. The van der Waals surface area contributed by atoms with Crippen LogP contribution in [-0.4, -0.2) is 39.2 Å². The van der Waals surface area contributed by atoms with Gasteiger partial charge in [-0.15, -0.1) is 0 Å². The fourth-order valence-electron chi connectivity index (χ4n) is 6.37. The molecule has 7 nitrogen and oxygen atoms in total. The zero-order valence-electron chi connectivity index (χ0n) is 19.8. The number of carbonyl (C=O) groups is 1. The third kappa shape index (κ3) is 3.23. The largest absolute Gasteiger partial charge is 0.366 e. The standard InChI is InChI=1S/C27H27FN6O/c1-3-27(19-6-4-5-7-21(19)28)18-10-11-34(14-20(18)27)22-13-30-24-23(32-33-26(24)31-22)16-8-9-17(25(29)35)15(2)12-16/h4-9,12-13,18,20H,3,10-11,14H2,1-2H3,(H2,29,35)(H,31,32,33)/t18-,20+,27-/m1/s1. The lowest BCUT2D eigenvalue weighted by molar-refractivity contribution is 0.0999. The number of halogens is 1. The van der Waals surface area contributed by atoms with Gasteiger partial charge in [0.05, 0.1) is 11.9 Å². The van der Waals surface area contributed by atoms with Crippen LogP contribution >= 0.6 is 0 Å². The van der Waals surface area contributed by atoms with Gasteiger partial charge in [0.2, 0.25) is 11.6 Å². The molecule has 0 radical (unpaired) electrons. The summed E-state index contributed by atoms with van der Waals surface area (Å²) in [5.41, 5.74) is 10.3. The van der Waals surface area contributed by atoms with Gasteiger partial charge < -0.3 is 10.6 Å². The average molecular weight is 471 g/mol. The van der Waals surface area contributed by atoms with Crippen LogP contribution in [0.2, 0.25) is 0 Å². The van der Waals surface area contributed by atoms with Crippen LogP contribution in [0.25, 0.3) is 22.4 Å². The van der Waals surface area contributed by atoms with E-state index in [0.29, 0.717) is 28.6 Å². The molecule has 1 aliphatic heterocycles. The quantitative estimate of drug-likeness (QED) is 0.451. The molecule has 1 aliphatic carbocycles. The highest BCUT2D eigenvalue weighted by Gasteiger charge is 2.65. The van der Waals surface area contributed by atoms with Crippen molar-refractivity contribution in [2.75, 3.05) is 18.0 Å². The van der Waals surface area contributed by atoms with E-state index in [1.54, 1.807) is 24.4 Å². The van der Waals surface area contributed by atoms with Gasteiger partial charge in [-0.1, -0.05) is 31.2 Å². The third-order valence-corrected chi connectivity index (χ3v) is 8.14. The van der Waals surface area contributed by atoms with Crippen molar-refractivity contribution in [3.63, 3.8) is 0 Å². The number of aromatic nitrogens is 4. The number of fused-ring (bicyclic) bond motifs is 2. The highest BCUT2D eigenvalue weighted by molar-refractivity contribution is 5.95. The highest BCUT2D eigenvalue weighted by Crippen LogP contribution is 2.65. The lowest BCUT2D eigenvalue weighted by Gasteiger charge is -2.26. The van der Waals surface area contributed by atoms with Gasteiger partial charge in [0, 0.05) is 29.6 Å². The molecule has 1 saturated carbocycles. The Morgan fingerprint density at radius 1 is 1.26 bits per heavy atom. The Morgan fingerprint density at radius 3 is 2.83 bits per heavy atom. The van der Waals surface area contributed by atoms with Crippen molar-refractivity contribution < 1.29 is 9.18 Å². The number of aromatic amines is 1. The van der Waals surface area contributed by atoms with Crippen LogP contribution in [0.3, 0.4) is 0 Å². The lowest BCUT2D eigenvalue weighted by atomic mass is 9.88. The third-order valence-electron chi connectivity index (χ3n) is 8.14. The van der Waals surface area contributed by atoms with Gasteiger partial charge in [0.1, 0.15) is 17.2 Å². The molecule has 4 aromatic rings. The second-order valence-electron chi connectivity index (χ2n) is 9.71. The molecule has 178 valence electrons. The van der Waals surface area contributed by atoms with Crippen molar-refractivity contribution in [3.05, 3.63) is 71.2 Å². The Labute approximate surface area is 202 Å². The Balaban J connectivity index is 1.27. The van der Waals surface area contributed by atoms with Crippen molar-refractivity contribution in [2.45, 2.75) is 32.1 Å². The summed E-state index contributed by atoms with van der Waals surface area (Å²) < 4.78 is 14.7. The summed E-state index contributed by atoms with van der Waals surface area (Å²) in [6, 6.07) is 12.7. The van der Waals surface area contributed by atoms with E-state index in [9.17, 15) is 9.18 Å². The van der Waals surface area contributed by atoms with Crippen molar-refractivity contribution in [1.82, 2.24) is 20.2 Å². The smallest absolute Gasteiger partial charge is 0.248 e. The number of primary amides is 1. The van der Waals surface area contributed by atoms with E-state index < -0.39 is 5.91 Å². The minimum Gasteiger partial charge on any atom is -0.366 e. The topological polar surface area (TPSA) is 101 Å². The van der Waals surface area contributed by atoms with Gasteiger partial charge >= 0.3 is 0 Å². The molecule has 1 amide bonds. The molecule has 3 atom stereocenters. The summed E-state index contributed by atoms with van der Waals surface area (Å²) >= 11 is 0. The number of hydrogen-bond acceptors (Lipinski definition) is 5. The van der Waals surface area contributed by atoms with Gasteiger partial charge in [-0.2, -0.15) is 5.10 Å². The zero-order valence-corrected chi connectivity index (χ0v) is 19.8. The van der Waals surface area contributed by atoms with E-state index in [1.165, 1.54) is 0 Å². The fraction of sp³-hybridized carbons (Fsp3) is 0.333. The van der Waals surface area contributed by atoms with Crippen LogP contribution in [0.1, 0.15) is 41.3 Å². The number of nitrogens with zero attached hydrogens (tertiary/aromatic N) is 4. The second kappa shape index (κ2) is 7.86. The van der Waals surface area contributed by atoms with Gasteiger partial charge in [0.15, 0.2) is 0 Å². The number of amides is 1. The van der Waals surface area contributed by atoms with Gasteiger partial charge in [-0.25, -0.2) is 14.4 Å². The summed E-state index contributed by atoms with van der Waals surface area (Å²) in [5.74, 6) is 1.15. The Kier molecular flexibility index (Phi) is 4.88. The Hall–Kier alpha value is -3.81. The number of benzene rings is 2. The van der Waals surface area contributed by atoms with E-state index in [1.807, 2.05) is 31.2 Å². The maximum absolute atomic E-state index is 14.7. The van der Waals surface area contributed by atoms with Crippen LogP contribution in [0.4, 0.5) is 10.2 Å². The number of H-pyrrole nitrogens is 1. The predicted molar refractivity (Wildman–Crippen MR) is 133 cm³/mol. The Bertz CT molecular complexity index is 1470. The van der Waals surface area contributed by atoms with E-state index in [0.717, 1.165) is 54.1 Å². The normalized spacial score (nSPS) is 23.3. The summed E-state index contributed by atoms with van der Waals surface area (Å²) in [5, 5.41) is 7.46. The number of aryl methyl sites for hydroxylation is 1. The second-order valence-corrected chi connectivity index (χ2v) is 9.71. The molecule has 0 unspecified atom stereocenters. The van der Waals surface area contributed by atoms with Crippen LogP contribution < -0.4 is 10.6 Å². The maximum Gasteiger partial charge on any atom is 0.248 e. The van der Waals surface area contributed by atoms with E-state index in [-0.39, 0.29) is 11.2 Å². The molecular weight excluding hydrogens is 443 g/mol. The number of rotatable bonds is 5. The molecule has 1 saturated heterocycles. The molecule has 0 bridgehead atoms. The molecule has 2 aromatic carbocycles. The van der Waals surface area contributed by atoms with Crippen LogP contribution in [-0.2, 0) is 5.41 Å². The van der Waals surface area contributed by atoms with Crippen molar-refractivity contribution >= 4 is 22.9 Å². The van der Waals surface area contributed by atoms with Crippen molar-refractivity contribution in [1.29, 1.82) is 0 Å². The molecule has 3 N–H and O–H groups in total. The van der Waals surface area contributed by atoms with Gasteiger partial charge in [0.25, 0.3) is 0 Å². The first-order valence-electron chi connectivity index (χ1n) is 12.1. The molecule has 35 heavy (non-hydrogen) atoms. The van der Waals surface area contributed by atoms with Crippen LogP contribution in [0.5, 0.6) is 0 Å². The van der Waals surface area contributed by atoms with Gasteiger partial charge in [-0.3, -0.25) is 9.89 Å². The summed E-state index contributed by atoms with van der Waals surface area (Å²) in [7, 11) is 0. The fourth-order valence-corrected chi connectivity index (χ4v) is 6.37. The molecule has 8 heteroatoms. The zero-order chi connectivity index (χ0) is 24.3. The molecule has 0 spiro atoms. The molecule has 2 aliphatic rings. The minimum atomic E-state index is -0.450. The molecule has 6 rings (SSSR count). The molecule has 2 aromatic heterocycles. The van der Waals surface area contributed by atoms with Crippen molar-refractivity contribution in [2.24, 2.45) is 17.6 Å². The first-order valence-corrected chi connectivity index (χ1v) is 12.1. The SMILES string of the molecule is CC[C@]1(c2ccccc2F)[C@@H]2CCN(c3cnc4c(-c5ccc(C(N)=O)c(C)c5)[nH]nc4n3)C[C@@H]21.